The van der Waals surface area contributed by atoms with Gasteiger partial charge in [0, 0.05) is 74.5 Å². The quantitative estimate of drug-likeness (QED) is 0.0930. The standard InChI is InChI=1S/C44H47F4N9O3/c1-5-55(24-23-54(2)22-17-45)30-15-19-56(20-16-30)31-10-11-35(38(27-31)60-4)50-44-49-18-13-36(51-44)42-40(52-39-26-29(46)14-21-57(39)42)28-9-12-37(59-3)32(25-28)43(58)53-41-33(47)7-6-8-34(41)48/h6-14,18,21,25-27,30H,5,15-17,19-20,22-24H2,1-4H3,(H,53,58)(H,49,50,51). The van der Waals surface area contributed by atoms with Gasteiger partial charge in [0.1, 0.15) is 47.0 Å². The fraction of sp³-hybridized carbons (Fsp3) is 0.318. The fourth-order valence-electron chi connectivity index (χ4n) is 7.59. The first-order valence-corrected chi connectivity index (χ1v) is 19.7. The number of para-hydroxylation sites is 1. The molecule has 6 aromatic rings. The number of rotatable bonds is 16. The summed E-state index contributed by atoms with van der Waals surface area (Å²) in [5.74, 6) is -2.20. The largest absolute Gasteiger partial charge is 0.496 e. The zero-order valence-corrected chi connectivity index (χ0v) is 33.9. The summed E-state index contributed by atoms with van der Waals surface area (Å²) in [5, 5.41) is 5.60. The number of benzene rings is 3. The number of aromatic nitrogens is 4. The second-order valence-electron chi connectivity index (χ2n) is 14.5. The van der Waals surface area contributed by atoms with Crippen LogP contribution in [0.5, 0.6) is 11.5 Å². The number of anilines is 4. The van der Waals surface area contributed by atoms with E-state index in [1.807, 2.05) is 30.1 Å². The second-order valence-corrected chi connectivity index (χ2v) is 14.5. The van der Waals surface area contributed by atoms with Crippen molar-refractivity contribution in [2.75, 3.05) is 82.7 Å². The summed E-state index contributed by atoms with van der Waals surface area (Å²) in [4.78, 5) is 34.4. The average molecular weight is 826 g/mol. The minimum absolute atomic E-state index is 0.0192. The number of ether oxygens (including phenoxy) is 2. The summed E-state index contributed by atoms with van der Waals surface area (Å²) >= 11 is 0. The molecule has 0 saturated carbocycles. The maximum absolute atomic E-state index is 14.5. The van der Waals surface area contributed by atoms with Crippen molar-refractivity contribution in [2.24, 2.45) is 0 Å². The SMILES string of the molecule is CCN(CCN(C)CCF)C1CCN(c2ccc(Nc3nccc(-c4c(-c5ccc(OC)c(C(=O)Nc6c(F)cccc6F)c5)nc5cc(F)ccn45)n3)c(OC)c2)CC1. The molecular weight excluding hydrogens is 779 g/mol. The van der Waals surface area contributed by atoms with Gasteiger partial charge in [-0.25, -0.2) is 32.5 Å². The van der Waals surface area contributed by atoms with E-state index in [-0.39, 0.29) is 29.6 Å². The third-order valence-electron chi connectivity index (χ3n) is 10.8. The molecule has 12 nitrogen and oxygen atoms in total. The van der Waals surface area contributed by atoms with Crippen LogP contribution in [0.2, 0.25) is 0 Å². The van der Waals surface area contributed by atoms with Gasteiger partial charge in [0.15, 0.2) is 0 Å². The minimum Gasteiger partial charge on any atom is -0.496 e. The number of fused-ring (bicyclic) bond motifs is 1. The molecular formula is C44H47F4N9O3. The number of hydrogen-bond donors (Lipinski definition) is 2. The Kier molecular flexibility index (Phi) is 13.1. The lowest BCUT2D eigenvalue weighted by Crippen LogP contribution is -2.47. The van der Waals surface area contributed by atoms with Gasteiger partial charge >= 0.3 is 0 Å². The zero-order valence-electron chi connectivity index (χ0n) is 33.9. The van der Waals surface area contributed by atoms with E-state index in [0.717, 1.165) is 63.4 Å². The van der Waals surface area contributed by atoms with Gasteiger partial charge in [0.05, 0.1) is 42.6 Å². The Bertz CT molecular complexity index is 2440. The molecule has 16 heteroatoms. The Morgan fingerprint density at radius 3 is 2.38 bits per heavy atom. The first-order valence-electron chi connectivity index (χ1n) is 19.7. The first-order chi connectivity index (χ1) is 29.1. The summed E-state index contributed by atoms with van der Waals surface area (Å²) in [7, 11) is 4.93. The van der Waals surface area contributed by atoms with Crippen LogP contribution in [-0.2, 0) is 0 Å². The molecule has 60 heavy (non-hydrogen) atoms. The monoisotopic (exact) mass is 825 g/mol. The number of imidazole rings is 1. The van der Waals surface area contributed by atoms with Crippen molar-refractivity contribution in [3.8, 4) is 34.1 Å². The van der Waals surface area contributed by atoms with Gasteiger partial charge in [0.25, 0.3) is 5.91 Å². The molecule has 0 aliphatic carbocycles. The number of pyridine rings is 1. The Balaban J connectivity index is 1.14. The number of carbonyl (C=O) groups is 1. The van der Waals surface area contributed by atoms with Crippen molar-refractivity contribution in [1.82, 2.24) is 29.2 Å². The molecule has 0 bridgehead atoms. The van der Waals surface area contributed by atoms with Crippen molar-refractivity contribution in [3.63, 3.8) is 0 Å². The summed E-state index contributed by atoms with van der Waals surface area (Å²) in [5.41, 5.74) is 2.98. The van der Waals surface area contributed by atoms with Gasteiger partial charge in [-0.1, -0.05) is 13.0 Å². The lowest BCUT2D eigenvalue weighted by molar-refractivity contribution is 0.102. The van der Waals surface area contributed by atoms with Gasteiger partial charge in [-0.05, 0) is 81.0 Å². The highest BCUT2D eigenvalue weighted by molar-refractivity contribution is 6.07. The fourth-order valence-corrected chi connectivity index (χ4v) is 7.59. The van der Waals surface area contributed by atoms with E-state index in [4.69, 9.17) is 19.4 Å². The lowest BCUT2D eigenvalue weighted by Gasteiger charge is -2.39. The van der Waals surface area contributed by atoms with Crippen LogP contribution in [-0.4, -0.2) is 108 Å². The second kappa shape index (κ2) is 18.8. The maximum atomic E-state index is 14.5. The molecule has 0 unspecified atom stereocenters. The molecule has 314 valence electrons. The molecule has 0 spiro atoms. The van der Waals surface area contributed by atoms with Crippen LogP contribution in [0.4, 0.5) is 40.6 Å². The topological polar surface area (TPSA) is 112 Å². The molecule has 1 aliphatic heterocycles. The normalized spacial score (nSPS) is 13.3. The van der Waals surface area contributed by atoms with E-state index >= 15 is 0 Å². The molecule has 4 heterocycles. The van der Waals surface area contributed by atoms with Crippen LogP contribution in [0, 0.1) is 17.5 Å². The van der Waals surface area contributed by atoms with Crippen molar-refractivity contribution in [1.29, 1.82) is 0 Å². The Hall–Kier alpha value is -6.26. The summed E-state index contributed by atoms with van der Waals surface area (Å²) in [6, 6.07) is 18.6. The number of nitrogens with zero attached hydrogens (tertiary/aromatic N) is 7. The highest BCUT2D eigenvalue weighted by Gasteiger charge is 2.26. The van der Waals surface area contributed by atoms with Crippen LogP contribution in [0.3, 0.4) is 0 Å². The number of amides is 1. The number of piperidine rings is 1. The summed E-state index contributed by atoms with van der Waals surface area (Å²) in [6.45, 7) is 6.76. The summed E-state index contributed by atoms with van der Waals surface area (Å²) < 4.78 is 69.2. The average Bonchev–Trinajstić information content (AvgIpc) is 3.64. The number of halogens is 4. The van der Waals surface area contributed by atoms with Crippen molar-refractivity contribution in [3.05, 3.63) is 108 Å². The molecule has 1 aliphatic rings. The van der Waals surface area contributed by atoms with E-state index in [0.29, 0.717) is 46.7 Å². The Morgan fingerprint density at radius 2 is 1.67 bits per heavy atom. The molecule has 3 aromatic carbocycles. The van der Waals surface area contributed by atoms with Crippen molar-refractivity contribution >= 4 is 34.6 Å². The van der Waals surface area contributed by atoms with Crippen LogP contribution in [0.25, 0.3) is 28.3 Å². The van der Waals surface area contributed by atoms with Crippen molar-refractivity contribution < 1.29 is 31.8 Å². The molecule has 1 fully saturated rings. The smallest absolute Gasteiger partial charge is 0.259 e. The number of carbonyl (C=O) groups excluding carboxylic acids is 1. The van der Waals surface area contributed by atoms with E-state index in [1.54, 1.807) is 35.9 Å². The number of alkyl halides is 1. The minimum atomic E-state index is -0.937. The molecule has 1 amide bonds. The van der Waals surface area contributed by atoms with E-state index in [2.05, 4.69) is 32.3 Å². The highest BCUT2D eigenvalue weighted by atomic mass is 19.1. The predicted molar refractivity (Wildman–Crippen MR) is 225 cm³/mol. The van der Waals surface area contributed by atoms with Crippen LogP contribution >= 0.6 is 0 Å². The number of methoxy groups -OCH3 is 2. The maximum Gasteiger partial charge on any atom is 0.259 e. The molecule has 0 radical (unpaired) electrons. The molecule has 3 aromatic heterocycles. The third-order valence-corrected chi connectivity index (χ3v) is 10.8. The van der Waals surface area contributed by atoms with E-state index in [1.165, 1.54) is 37.6 Å². The Labute approximate surface area is 345 Å². The van der Waals surface area contributed by atoms with Gasteiger partial charge in [0.2, 0.25) is 5.95 Å². The van der Waals surface area contributed by atoms with Crippen LogP contribution < -0.4 is 25.0 Å². The molecule has 7 rings (SSSR count). The molecule has 1 saturated heterocycles. The van der Waals surface area contributed by atoms with Gasteiger partial charge in [-0.15, -0.1) is 0 Å². The molecule has 2 N–H and O–H groups in total. The number of nitrogens with one attached hydrogen (secondary N) is 2. The zero-order chi connectivity index (χ0) is 42.3. The lowest BCUT2D eigenvalue weighted by atomic mass is 10.0. The Morgan fingerprint density at radius 1 is 0.900 bits per heavy atom. The van der Waals surface area contributed by atoms with Gasteiger partial charge in [-0.3, -0.25) is 14.1 Å². The van der Waals surface area contributed by atoms with Crippen molar-refractivity contribution in [2.45, 2.75) is 25.8 Å². The predicted octanol–water partition coefficient (Wildman–Crippen LogP) is 8.08. The van der Waals surface area contributed by atoms with Crippen LogP contribution in [0.15, 0.2) is 85.2 Å². The van der Waals surface area contributed by atoms with Gasteiger partial charge < -0.3 is 29.9 Å². The summed E-state index contributed by atoms with van der Waals surface area (Å²) in [6.07, 6.45) is 5.14. The highest BCUT2D eigenvalue weighted by Crippen LogP contribution is 2.37. The van der Waals surface area contributed by atoms with E-state index < -0.39 is 29.0 Å². The van der Waals surface area contributed by atoms with Gasteiger partial charge in [-0.2, -0.15) is 0 Å². The van der Waals surface area contributed by atoms with Crippen LogP contribution in [0.1, 0.15) is 30.1 Å². The first kappa shape index (κ1) is 41.9. The number of likely N-dealkylation sites (N-methyl/N-ethyl adjacent to an activating group) is 2. The third kappa shape index (κ3) is 9.14. The molecule has 0 atom stereocenters. The van der Waals surface area contributed by atoms with E-state index in [9.17, 15) is 22.4 Å². The number of hydrogen-bond acceptors (Lipinski definition) is 10.